The van der Waals surface area contributed by atoms with Crippen molar-refractivity contribution in [3.8, 4) is 0 Å². The third-order valence-corrected chi connectivity index (χ3v) is 3.63. The van der Waals surface area contributed by atoms with Crippen LogP contribution in [-0.2, 0) is 0 Å². The Morgan fingerprint density at radius 1 is 1.53 bits per heavy atom. The molecule has 0 saturated carbocycles. The van der Waals surface area contributed by atoms with Crippen molar-refractivity contribution < 1.29 is 9.90 Å². The minimum Gasteiger partial charge on any atom is -0.385 e. The molecule has 1 aromatic carbocycles. The number of benzene rings is 1. The minimum atomic E-state index is -0.774. The zero-order chi connectivity index (χ0) is 12.3. The smallest absolute Gasteiger partial charge is 0.252 e. The van der Waals surface area contributed by atoms with E-state index in [1.54, 1.807) is 17.8 Å². The van der Waals surface area contributed by atoms with Gasteiger partial charge in [0.15, 0.2) is 0 Å². The number of β-amino-alcohol motifs (C(OH)–C–C–N with tert-alkyl or cyclic N) is 1. The number of rotatable bonds is 4. The van der Waals surface area contributed by atoms with Crippen molar-refractivity contribution in [3.63, 3.8) is 0 Å². The van der Waals surface area contributed by atoms with E-state index in [4.69, 9.17) is 0 Å². The van der Waals surface area contributed by atoms with Gasteiger partial charge in [0.2, 0.25) is 0 Å². The number of thioether (sulfide) groups is 1. The second kappa shape index (κ2) is 5.08. The molecule has 0 aromatic heterocycles. The average Bonchev–Trinajstić information content (AvgIpc) is 2.33. The summed E-state index contributed by atoms with van der Waals surface area (Å²) in [5.74, 6) is -0.129. The SMILES string of the molecule is CSc1ccccc1C(=O)NCC1(O)CNC1. The van der Waals surface area contributed by atoms with Crippen LogP contribution in [0.1, 0.15) is 10.4 Å². The van der Waals surface area contributed by atoms with Gasteiger partial charge in [0, 0.05) is 24.5 Å². The summed E-state index contributed by atoms with van der Waals surface area (Å²) in [6, 6.07) is 7.46. The van der Waals surface area contributed by atoms with Gasteiger partial charge in [-0.3, -0.25) is 4.79 Å². The van der Waals surface area contributed by atoms with Crippen LogP contribution in [-0.4, -0.2) is 42.5 Å². The van der Waals surface area contributed by atoms with E-state index in [9.17, 15) is 9.90 Å². The summed E-state index contributed by atoms with van der Waals surface area (Å²) >= 11 is 1.54. The average molecular weight is 252 g/mol. The van der Waals surface area contributed by atoms with E-state index in [2.05, 4.69) is 10.6 Å². The Hall–Kier alpha value is -1.04. The van der Waals surface area contributed by atoms with Crippen LogP contribution in [0.15, 0.2) is 29.2 Å². The third-order valence-electron chi connectivity index (χ3n) is 2.84. The molecule has 17 heavy (non-hydrogen) atoms. The zero-order valence-corrected chi connectivity index (χ0v) is 10.5. The van der Waals surface area contributed by atoms with E-state index < -0.39 is 5.60 Å². The Morgan fingerprint density at radius 2 is 2.24 bits per heavy atom. The normalized spacial score (nSPS) is 17.3. The first-order valence-corrected chi connectivity index (χ1v) is 6.71. The first kappa shape index (κ1) is 12.4. The minimum absolute atomic E-state index is 0.129. The molecule has 1 aromatic rings. The molecule has 1 fully saturated rings. The molecule has 0 atom stereocenters. The van der Waals surface area contributed by atoms with E-state index in [0.717, 1.165) is 4.90 Å². The lowest BCUT2D eigenvalue weighted by atomic mass is 9.97. The second-order valence-electron chi connectivity index (χ2n) is 4.21. The maximum Gasteiger partial charge on any atom is 0.252 e. The van der Waals surface area contributed by atoms with Gasteiger partial charge in [-0.25, -0.2) is 0 Å². The van der Waals surface area contributed by atoms with Gasteiger partial charge in [0.25, 0.3) is 5.91 Å². The monoisotopic (exact) mass is 252 g/mol. The fourth-order valence-electron chi connectivity index (χ4n) is 1.71. The lowest BCUT2D eigenvalue weighted by molar-refractivity contribution is -0.00762. The van der Waals surface area contributed by atoms with Gasteiger partial charge < -0.3 is 15.7 Å². The topological polar surface area (TPSA) is 61.4 Å². The van der Waals surface area contributed by atoms with Crippen molar-refractivity contribution in [1.29, 1.82) is 0 Å². The van der Waals surface area contributed by atoms with Gasteiger partial charge in [-0.2, -0.15) is 0 Å². The number of carbonyl (C=O) groups excluding carboxylic acids is 1. The van der Waals surface area contributed by atoms with E-state index in [0.29, 0.717) is 25.2 Å². The van der Waals surface area contributed by atoms with Crippen LogP contribution in [0.3, 0.4) is 0 Å². The largest absolute Gasteiger partial charge is 0.385 e. The summed E-state index contributed by atoms with van der Waals surface area (Å²) in [5, 5.41) is 15.6. The molecule has 3 N–H and O–H groups in total. The molecule has 5 heteroatoms. The fourth-order valence-corrected chi connectivity index (χ4v) is 2.31. The van der Waals surface area contributed by atoms with Crippen molar-refractivity contribution in [3.05, 3.63) is 29.8 Å². The highest BCUT2D eigenvalue weighted by Crippen LogP contribution is 2.19. The predicted octanol–water partition coefficient (Wildman–Crippen LogP) is 0.473. The number of hydrogen-bond acceptors (Lipinski definition) is 4. The molecule has 92 valence electrons. The van der Waals surface area contributed by atoms with Gasteiger partial charge in [0.1, 0.15) is 5.60 Å². The molecule has 0 bridgehead atoms. The van der Waals surface area contributed by atoms with Crippen LogP contribution in [0.2, 0.25) is 0 Å². The van der Waals surface area contributed by atoms with Crippen molar-refractivity contribution in [2.45, 2.75) is 10.5 Å². The Balaban J connectivity index is 1.99. The van der Waals surface area contributed by atoms with Crippen molar-refractivity contribution in [2.75, 3.05) is 25.9 Å². The highest BCUT2D eigenvalue weighted by atomic mass is 32.2. The molecule has 0 unspecified atom stereocenters. The lowest BCUT2D eigenvalue weighted by Crippen LogP contribution is -2.64. The Bertz CT molecular complexity index is 419. The number of aliphatic hydroxyl groups is 1. The van der Waals surface area contributed by atoms with Crippen LogP contribution in [0, 0.1) is 0 Å². The highest BCUT2D eigenvalue weighted by molar-refractivity contribution is 7.98. The van der Waals surface area contributed by atoms with E-state index in [1.807, 2.05) is 24.5 Å². The van der Waals surface area contributed by atoms with Gasteiger partial charge in [0.05, 0.1) is 5.56 Å². The molecule has 1 amide bonds. The molecular formula is C12H16N2O2S. The molecule has 2 rings (SSSR count). The van der Waals surface area contributed by atoms with Crippen molar-refractivity contribution >= 4 is 17.7 Å². The van der Waals surface area contributed by atoms with Crippen LogP contribution in [0.4, 0.5) is 0 Å². The fraction of sp³-hybridized carbons (Fsp3) is 0.417. The van der Waals surface area contributed by atoms with Crippen LogP contribution >= 0.6 is 11.8 Å². The predicted molar refractivity (Wildman–Crippen MR) is 68.4 cm³/mol. The molecular weight excluding hydrogens is 236 g/mol. The number of carbonyl (C=O) groups is 1. The zero-order valence-electron chi connectivity index (χ0n) is 9.69. The summed E-state index contributed by atoms with van der Waals surface area (Å²) in [7, 11) is 0. The van der Waals surface area contributed by atoms with E-state index in [-0.39, 0.29) is 5.91 Å². The molecule has 0 spiro atoms. The summed E-state index contributed by atoms with van der Waals surface area (Å²) in [5.41, 5.74) is -0.111. The summed E-state index contributed by atoms with van der Waals surface area (Å²) in [4.78, 5) is 12.9. The first-order valence-electron chi connectivity index (χ1n) is 5.49. The molecule has 1 heterocycles. The standard InChI is InChI=1S/C12H16N2O2S/c1-17-10-5-3-2-4-9(10)11(15)14-8-12(16)6-13-7-12/h2-5,13,16H,6-8H2,1H3,(H,14,15). The maximum absolute atomic E-state index is 12.0. The molecule has 1 aliphatic rings. The van der Waals surface area contributed by atoms with Gasteiger partial charge in [-0.1, -0.05) is 12.1 Å². The molecule has 1 saturated heterocycles. The number of hydrogen-bond donors (Lipinski definition) is 3. The molecule has 4 nitrogen and oxygen atoms in total. The maximum atomic E-state index is 12.0. The summed E-state index contributed by atoms with van der Waals surface area (Å²) < 4.78 is 0. The Morgan fingerprint density at radius 3 is 2.82 bits per heavy atom. The van der Waals surface area contributed by atoms with Gasteiger partial charge in [-0.15, -0.1) is 11.8 Å². The van der Waals surface area contributed by atoms with Crippen LogP contribution < -0.4 is 10.6 Å². The van der Waals surface area contributed by atoms with Crippen molar-refractivity contribution in [2.24, 2.45) is 0 Å². The third kappa shape index (κ3) is 2.80. The Kier molecular flexibility index (Phi) is 3.71. The molecule has 0 radical (unpaired) electrons. The van der Waals surface area contributed by atoms with Crippen molar-refractivity contribution in [1.82, 2.24) is 10.6 Å². The van der Waals surface area contributed by atoms with E-state index in [1.165, 1.54) is 0 Å². The molecule has 1 aliphatic heterocycles. The van der Waals surface area contributed by atoms with Gasteiger partial charge >= 0.3 is 0 Å². The second-order valence-corrected chi connectivity index (χ2v) is 5.06. The number of amides is 1. The van der Waals surface area contributed by atoms with Gasteiger partial charge in [-0.05, 0) is 18.4 Å². The number of nitrogens with one attached hydrogen (secondary N) is 2. The summed E-state index contributed by atoms with van der Waals surface area (Å²) in [6.45, 7) is 1.37. The lowest BCUT2D eigenvalue weighted by Gasteiger charge is -2.37. The van der Waals surface area contributed by atoms with E-state index >= 15 is 0 Å². The summed E-state index contributed by atoms with van der Waals surface area (Å²) in [6.07, 6.45) is 1.94. The quantitative estimate of drug-likeness (QED) is 0.682. The molecule has 0 aliphatic carbocycles. The highest BCUT2D eigenvalue weighted by Gasteiger charge is 2.34. The Labute approximate surface area is 105 Å². The first-order chi connectivity index (χ1) is 8.14. The van der Waals surface area contributed by atoms with Crippen LogP contribution in [0.25, 0.3) is 0 Å². The van der Waals surface area contributed by atoms with Crippen LogP contribution in [0.5, 0.6) is 0 Å².